The number of fused-ring (bicyclic) bond motifs is 7. The summed E-state index contributed by atoms with van der Waals surface area (Å²) in [4.78, 5) is 26.9. The molecule has 3 aromatic carbocycles. The zero-order valence-electron chi connectivity index (χ0n) is 17.0. The molecule has 7 nitrogen and oxygen atoms in total. The van der Waals surface area contributed by atoms with Crippen LogP contribution < -0.4 is 10.5 Å². The van der Waals surface area contributed by atoms with Gasteiger partial charge in [-0.25, -0.2) is 9.48 Å². The van der Waals surface area contributed by atoms with Gasteiger partial charge in [0.25, 0.3) is 5.91 Å². The van der Waals surface area contributed by atoms with Gasteiger partial charge in [-0.15, -0.1) is 5.10 Å². The molecule has 0 N–H and O–H groups in total. The van der Waals surface area contributed by atoms with Crippen LogP contribution in [0.3, 0.4) is 0 Å². The zero-order chi connectivity index (χ0) is 21.8. The molecule has 1 aliphatic rings. The number of carbonyl (C=O) groups excluding carboxylic acids is 1. The lowest BCUT2D eigenvalue weighted by Gasteiger charge is -2.26. The summed E-state index contributed by atoms with van der Waals surface area (Å²) in [5.41, 5.74) is 4.82. The van der Waals surface area contributed by atoms with Crippen molar-refractivity contribution < 1.29 is 9.21 Å². The van der Waals surface area contributed by atoms with Gasteiger partial charge in [0.05, 0.1) is 16.9 Å². The number of hydrogen-bond acceptors (Lipinski definition) is 5. The van der Waals surface area contributed by atoms with Gasteiger partial charge in [-0.05, 0) is 30.3 Å². The smallest absolute Gasteiger partial charge is 0.336 e. The molecule has 6 rings (SSSR count). The van der Waals surface area contributed by atoms with Crippen molar-refractivity contribution in [3.8, 4) is 28.2 Å². The number of nitrogens with zero attached hydrogens (tertiary/aromatic N) is 4. The van der Waals surface area contributed by atoms with Crippen LogP contribution in [0, 0.1) is 0 Å². The molecular formula is C25H16N4O3. The van der Waals surface area contributed by atoms with Crippen molar-refractivity contribution in [2.75, 3.05) is 11.9 Å². The standard InChI is InChI=1S/C25H16N4O3/c1-28-19-12-13-20-17(11-14-21(30)32-20)22(19)24-23(15-7-3-2-4-8-15)26-27-29(24)18-10-6-5-9-16(18)25(28)31/h2-14H,1H3. The van der Waals surface area contributed by atoms with E-state index in [-0.39, 0.29) is 5.91 Å². The fraction of sp³-hybridized carbons (Fsp3) is 0.0400. The molecule has 0 fully saturated rings. The highest BCUT2D eigenvalue weighted by molar-refractivity contribution is 6.14. The van der Waals surface area contributed by atoms with Crippen molar-refractivity contribution in [2.45, 2.75) is 0 Å². The Morgan fingerprint density at radius 3 is 2.44 bits per heavy atom. The Morgan fingerprint density at radius 2 is 1.59 bits per heavy atom. The van der Waals surface area contributed by atoms with Crippen molar-refractivity contribution in [2.24, 2.45) is 0 Å². The average molecular weight is 420 g/mol. The van der Waals surface area contributed by atoms with Gasteiger partial charge in [0, 0.05) is 29.6 Å². The number of amides is 1. The lowest BCUT2D eigenvalue weighted by molar-refractivity contribution is 0.0992. The number of carbonyl (C=O) groups is 1. The molecule has 0 spiro atoms. The van der Waals surface area contributed by atoms with Gasteiger partial charge in [0.1, 0.15) is 17.0 Å². The van der Waals surface area contributed by atoms with Gasteiger partial charge in [0.2, 0.25) is 0 Å². The molecule has 0 aliphatic carbocycles. The highest BCUT2D eigenvalue weighted by atomic mass is 16.4. The summed E-state index contributed by atoms with van der Waals surface area (Å²) < 4.78 is 7.16. The molecule has 0 unspecified atom stereocenters. The fourth-order valence-electron chi connectivity index (χ4n) is 4.26. The number of rotatable bonds is 1. The number of hydrogen-bond donors (Lipinski definition) is 0. The topological polar surface area (TPSA) is 81.2 Å². The molecule has 0 saturated carbocycles. The first-order valence-corrected chi connectivity index (χ1v) is 10.1. The second kappa shape index (κ2) is 6.75. The van der Waals surface area contributed by atoms with Gasteiger partial charge in [0.15, 0.2) is 0 Å². The summed E-state index contributed by atoms with van der Waals surface area (Å²) in [5, 5.41) is 9.67. The Balaban J connectivity index is 1.83. The van der Waals surface area contributed by atoms with Crippen LogP contribution in [-0.2, 0) is 0 Å². The number of para-hydroxylation sites is 1. The van der Waals surface area contributed by atoms with E-state index >= 15 is 0 Å². The molecule has 0 radical (unpaired) electrons. The van der Waals surface area contributed by atoms with Gasteiger partial charge in [-0.2, -0.15) is 0 Å². The Labute approximate surface area is 182 Å². The maximum atomic E-state index is 13.4. The Kier molecular flexibility index (Phi) is 3.85. The van der Waals surface area contributed by atoms with Crippen molar-refractivity contribution in [1.82, 2.24) is 15.0 Å². The fourth-order valence-corrected chi connectivity index (χ4v) is 4.26. The molecule has 154 valence electrons. The van der Waals surface area contributed by atoms with E-state index in [2.05, 4.69) is 10.3 Å². The highest BCUT2D eigenvalue weighted by Gasteiger charge is 2.31. The largest absolute Gasteiger partial charge is 0.423 e. The molecule has 2 aromatic heterocycles. The minimum absolute atomic E-state index is 0.166. The third-order valence-corrected chi connectivity index (χ3v) is 5.76. The first-order chi connectivity index (χ1) is 15.6. The van der Waals surface area contributed by atoms with Crippen LogP contribution in [0.2, 0.25) is 0 Å². The summed E-state index contributed by atoms with van der Waals surface area (Å²) >= 11 is 0. The van der Waals surface area contributed by atoms with Crippen molar-refractivity contribution in [3.05, 3.63) is 94.8 Å². The quantitative estimate of drug-likeness (QED) is 0.378. The van der Waals surface area contributed by atoms with E-state index in [4.69, 9.17) is 4.42 Å². The van der Waals surface area contributed by atoms with Gasteiger partial charge < -0.3 is 9.32 Å². The maximum Gasteiger partial charge on any atom is 0.336 e. The summed E-state index contributed by atoms with van der Waals surface area (Å²) in [6.45, 7) is 0. The van der Waals surface area contributed by atoms with E-state index in [1.54, 1.807) is 40.9 Å². The molecule has 1 amide bonds. The van der Waals surface area contributed by atoms with E-state index in [0.717, 1.165) is 16.8 Å². The third-order valence-electron chi connectivity index (χ3n) is 5.76. The lowest BCUT2D eigenvalue weighted by Crippen LogP contribution is -2.29. The summed E-state index contributed by atoms with van der Waals surface area (Å²) in [6.07, 6.45) is 0. The Hall–Kier alpha value is -4.52. The van der Waals surface area contributed by atoms with Crippen LogP contribution in [0.25, 0.3) is 39.2 Å². The summed E-state index contributed by atoms with van der Waals surface area (Å²) in [6, 6.07) is 23.7. The van der Waals surface area contributed by atoms with E-state index < -0.39 is 5.63 Å². The minimum atomic E-state index is -0.437. The van der Waals surface area contributed by atoms with E-state index in [1.807, 2.05) is 48.5 Å². The number of aromatic nitrogens is 3. The van der Waals surface area contributed by atoms with Gasteiger partial charge in [-0.1, -0.05) is 47.7 Å². The van der Waals surface area contributed by atoms with Gasteiger partial charge in [-0.3, -0.25) is 4.79 Å². The van der Waals surface area contributed by atoms with Crippen LogP contribution in [-0.4, -0.2) is 27.9 Å². The van der Waals surface area contributed by atoms with Crippen LogP contribution in [0.15, 0.2) is 88.1 Å². The number of anilines is 1. The van der Waals surface area contributed by atoms with Gasteiger partial charge >= 0.3 is 5.63 Å². The SMILES string of the molecule is CN1C(=O)c2ccccc2-n2nnc(-c3ccccc3)c2-c2c1ccc1oc(=O)ccc21. The third kappa shape index (κ3) is 2.54. The predicted molar refractivity (Wildman–Crippen MR) is 121 cm³/mol. The van der Waals surface area contributed by atoms with E-state index in [0.29, 0.717) is 33.6 Å². The molecule has 0 atom stereocenters. The molecule has 1 aliphatic heterocycles. The average Bonchev–Trinajstić information content (AvgIpc) is 3.26. The van der Waals surface area contributed by atoms with Crippen LogP contribution >= 0.6 is 0 Å². The second-order valence-corrected chi connectivity index (χ2v) is 7.57. The first-order valence-electron chi connectivity index (χ1n) is 10.1. The first kappa shape index (κ1) is 18.3. The van der Waals surface area contributed by atoms with Crippen LogP contribution in [0.1, 0.15) is 10.4 Å². The predicted octanol–water partition coefficient (Wildman–Crippen LogP) is 4.30. The van der Waals surface area contributed by atoms with Crippen molar-refractivity contribution in [1.29, 1.82) is 0 Å². The van der Waals surface area contributed by atoms with E-state index in [1.165, 1.54) is 6.07 Å². The molecule has 7 heteroatoms. The van der Waals surface area contributed by atoms with E-state index in [9.17, 15) is 9.59 Å². The Morgan fingerprint density at radius 1 is 0.812 bits per heavy atom. The molecule has 0 saturated heterocycles. The van der Waals surface area contributed by atoms with Crippen molar-refractivity contribution in [3.63, 3.8) is 0 Å². The molecule has 32 heavy (non-hydrogen) atoms. The molecule has 0 bridgehead atoms. The normalized spacial score (nSPS) is 12.7. The number of benzene rings is 3. The van der Waals surface area contributed by atoms with Crippen LogP contribution in [0.5, 0.6) is 0 Å². The Bertz CT molecular complexity index is 1580. The van der Waals surface area contributed by atoms with Crippen LogP contribution in [0.4, 0.5) is 5.69 Å². The lowest BCUT2D eigenvalue weighted by atomic mass is 9.96. The summed E-state index contributed by atoms with van der Waals surface area (Å²) in [7, 11) is 1.74. The molecule has 3 heterocycles. The molecular weight excluding hydrogens is 404 g/mol. The second-order valence-electron chi connectivity index (χ2n) is 7.57. The molecule has 5 aromatic rings. The minimum Gasteiger partial charge on any atom is -0.423 e. The van der Waals surface area contributed by atoms with Crippen molar-refractivity contribution >= 4 is 22.6 Å². The maximum absolute atomic E-state index is 13.4. The summed E-state index contributed by atoms with van der Waals surface area (Å²) in [5.74, 6) is -0.166. The monoisotopic (exact) mass is 420 g/mol. The highest BCUT2D eigenvalue weighted by Crippen LogP contribution is 2.43. The zero-order valence-corrected chi connectivity index (χ0v) is 17.0.